The van der Waals surface area contributed by atoms with E-state index in [9.17, 15) is 4.79 Å². The molecule has 1 aromatic heterocycles. The van der Waals surface area contributed by atoms with Gasteiger partial charge in [-0.05, 0) is 12.8 Å². The van der Waals surface area contributed by atoms with Gasteiger partial charge in [0.15, 0.2) is 0 Å². The molecule has 2 heterocycles. The van der Waals surface area contributed by atoms with Gasteiger partial charge in [0.2, 0.25) is 5.91 Å². The lowest BCUT2D eigenvalue weighted by atomic mass is 10.3. The lowest BCUT2D eigenvalue weighted by molar-refractivity contribution is -0.130. The first-order valence-electron chi connectivity index (χ1n) is 5.84. The van der Waals surface area contributed by atoms with E-state index in [1.165, 1.54) is 11.3 Å². The number of thiazole rings is 1. The molecule has 0 saturated carbocycles. The van der Waals surface area contributed by atoms with E-state index >= 15 is 0 Å². The summed E-state index contributed by atoms with van der Waals surface area (Å²) >= 11 is 7.25. The van der Waals surface area contributed by atoms with Gasteiger partial charge in [0, 0.05) is 32.6 Å². The molecule has 0 radical (unpaired) electrons. The molecular formula is C11H16ClN3OS. The second-order valence-corrected chi connectivity index (χ2v) is 5.82. The third kappa shape index (κ3) is 3.94. The molecule has 6 heteroatoms. The molecule has 4 nitrogen and oxygen atoms in total. The first-order valence-corrected chi connectivity index (χ1v) is 7.04. The van der Waals surface area contributed by atoms with Gasteiger partial charge >= 0.3 is 0 Å². The molecule has 1 aromatic rings. The number of aromatic nitrogens is 1. The van der Waals surface area contributed by atoms with Crippen molar-refractivity contribution in [3.05, 3.63) is 15.5 Å². The van der Waals surface area contributed by atoms with E-state index in [1.54, 1.807) is 6.20 Å². The predicted molar refractivity (Wildman–Crippen MR) is 69.3 cm³/mol. The SMILES string of the molecule is O=C(CCNCc1ncc(Cl)s1)N1CCCC1. The lowest BCUT2D eigenvalue weighted by Crippen LogP contribution is -2.30. The highest BCUT2D eigenvalue weighted by Gasteiger charge is 2.16. The summed E-state index contributed by atoms with van der Waals surface area (Å²) in [5, 5.41) is 4.17. The standard InChI is InChI=1S/C11H16ClN3OS/c12-9-7-14-10(17-9)8-13-4-3-11(16)15-5-1-2-6-15/h7,13H,1-6,8H2. The van der Waals surface area contributed by atoms with Crippen molar-refractivity contribution in [1.82, 2.24) is 15.2 Å². The van der Waals surface area contributed by atoms with Gasteiger partial charge in [0.1, 0.15) is 9.34 Å². The minimum Gasteiger partial charge on any atom is -0.343 e. The fourth-order valence-corrected chi connectivity index (χ4v) is 2.81. The van der Waals surface area contributed by atoms with E-state index in [0.29, 0.717) is 23.8 Å². The largest absolute Gasteiger partial charge is 0.343 e. The van der Waals surface area contributed by atoms with Gasteiger partial charge < -0.3 is 10.2 Å². The minimum absolute atomic E-state index is 0.257. The van der Waals surface area contributed by atoms with Crippen molar-refractivity contribution in [3.63, 3.8) is 0 Å². The van der Waals surface area contributed by atoms with Gasteiger partial charge in [-0.3, -0.25) is 4.79 Å². The summed E-state index contributed by atoms with van der Waals surface area (Å²) in [6.07, 6.45) is 4.52. The summed E-state index contributed by atoms with van der Waals surface area (Å²) in [6.45, 7) is 3.25. The second-order valence-electron chi connectivity index (χ2n) is 4.07. The summed E-state index contributed by atoms with van der Waals surface area (Å²) < 4.78 is 0.704. The maximum absolute atomic E-state index is 11.7. The zero-order valence-electron chi connectivity index (χ0n) is 9.62. The van der Waals surface area contributed by atoms with Crippen LogP contribution in [0.1, 0.15) is 24.3 Å². The van der Waals surface area contributed by atoms with Crippen LogP contribution in [0.4, 0.5) is 0 Å². The molecule has 1 N–H and O–H groups in total. The first kappa shape index (κ1) is 12.8. The summed E-state index contributed by atoms with van der Waals surface area (Å²) in [4.78, 5) is 17.8. The Labute approximate surface area is 110 Å². The van der Waals surface area contributed by atoms with Crippen molar-refractivity contribution in [2.75, 3.05) is 19.6 Å². The topological polar surface area (TPSA) is 45.2 Å². The molecule has 0 aliphatic carbocycles. The Morgan fingerprint density at radius 3 is 2.94 bits per heavy atom. The van der Waals surface area contributed by atoms with Crippen molar-refractivity contribution < 1.29 is 4.79 Å². The van der Waals surface area contributed by atoms with Crippen molar-refractivity contribution in [2.24, 2.45) is 0 Å². The Bertz CT molecular complexity index is 377. The number of carbonyl (C=O) groups excluding carboxylic acids is 1. The number of nitrogens with one attached hydrogen (secondary N) is 1. The monoisotopic (exact) mass is 273 g/mol. The van der Waals surface area contributed by atoms with Crippen LogP contribution in [-0.2, 0) is 11.3 Å². The molecule has 1 aliphatic heterocycles. The smallest absolute Gasteiger partial charge is 0.223 e. The quantitative estimate of drug-likeness (QED) is 0.834. The number of carbonyl (C=O) groups is 1. The van der Waals surface area contributed by atoms with Gasteiger partial charge in [-0.15, -0.1) is 11.3 Å². The van der Waals surface area contributed by atoms with Gasteiger partial charge in [0.25, 0.3) is 0 Å². The van der Waals surface area contributed by atoms with Crippen LogP contribution >= 0.6 is 22.9 Å². The molecule has 0 unspecified atom stereocenters. The number of hydrogen-bond donors (Lipinski definition) is 1. The van der Waals surface area contributed by atoms with Crippen LogP contribution in [0.2, 0.25) is 4.34 Å². The highest BCUT2D eigenvalue weighted by Crippen LogP contribution is 2.17. The molecule has 1 amide bonds. The van der Waals surface area contributed by atoms with E-state index in [2.05, 4.69) is 10.3 Å². The highest BCUT2D eigenvalue weighted by molar-refractivity contribution is 7.15. The maximum atomic E-state index is 11.7. The molecule has 2 rings (SSSR count). The zero-order chi connectivity index (χ0) is 12.1. The van der Waals surface area contributed by atoms with Crippen molar-refractivity contribution in [3.8, 4) is 0 Å². The lowest BCUT2D eigenvalue weighted by Gasteiger charge is -2.14. The van der Waals surface area contributed by atoms with Crippen LogP contribution in [0.5, 0.6) is 0 Å². The third-order valence-electron chi connectivity index (χ3n) is 2.78. The van der Waals surface area contributed by atoms with Crippen molar-refractivity contribution in [1.29, 1.82) is 0 Å². The fourth-order valence-electron chi connectivity index (χ4n) is 1.89. The number of rotatable bonds is 5. The van der Waals surface area contributed by atoms with Crippen LogP contribution in [0, 0.1) is 0 Å². The van der Waals surface area contributed by atoms with Crippen LogP contribution in [0.3, 0.4) is 0 Å². The number of nitrogens with zero attached hydrogens (tertiary/aromatic N) is 2. The molecule has 0 spiro atoms. The molecule has 0 bridgehead atoms. The molecule has 0 atom stereocenters. The van der Waals surface area contributed by atoms with Crippen LogP contribution in [0.25, 0.3) is 0 Å². The third-order valence-corrected chi connectivity index (χ3v) is 3.89. The van der Waals surface area contributed by atoms with Crippen LogP contribution in [-0.4, -0.2) is 35.4 Å². The Kier molecular flexibility index (Phi) is 4.76. The van der Waals surface area contributed by atoms with E-state index in [0.717, 1.165) is 30.9 Å². The molecule has 94 valence electrons. The fraction of sp³-hybridized carbons (Fsp3) is 0.636. The Balaban J connectivity index is 1.61. The number of halogens is 1. The van der Waals surface area contributed by atoms with Gasteiger partial charge in [-0.1, -0.05) is 11.6 Å². The van der Waals surface area contributed by atoms with E-state index in [1.807, 2.05) is 4.90 Å². The highest BCUT2D eigenvalue weighted by atomic mass is 35.5. The Morgan fingerprint density at radius 2 is 2.29 bits per heavy atom. The van der Waals surface area contributed by atoms with Crippen LogP contribution in [0.15, 0.2) is 6.20 Å². The van der Waals surface area contributed by atoms with Gasteiger partial charge in [0.05, 0.1) is 6.20 Å². The molecule has 1 fully saturated rings. The molecule has 17 heavy (non-hydrogen) atoms. The Hall–Kier alpha value is -0.650. The summed E-state index contributed by atoms with van der Waals surface area (Å²) in [7, 11) is 0. The summed E-state index contributed by atoms with van der Waals surface area (Å²) in [5.41, 5.74) is 0. The normalized spacial score (nSPS) is 15.5. The molecule has 1 aliphatic rings. The number of likely N-dealkylation sites (tertiary alicyclic amines) is 1. The summed E-state index contributed by atoms with van der Waals surface area (Å²) in [6, 6.07) is 0. The van der Waals surface area contributed by atoms with E-state index < -0.39 is 0 Å². The summed E-state index contributed by atoms with van der Waals surface area (Å²) in [5.74, 6) is 0.257. The zero-order valence-corrected chi connectivity index (χ0v) is 11.2. The van der Waals surface area contributed by atoms with Crippen LogP contribution < -0.4 is 5.32 Å². The molecular weight excluding hydrogens is 258 g/mol. The van der Waals surface area contributed by atoms with Gasteiger partial charge in [-0.2, -0.15) is 0 Å². The average Bonchev–Trinajstić information content (AvgIpc) is 2.95. The molecule has 1 saturated heterocycles. The first-order chi connectivity index (χ1) is 8.25. The molecule has 0 aromatic carbocycles. The number of hydrogen-bond acceptors (Lipinski definition) is 4. The van der Waals surface area contributed by atoms with Crippen molar-refractivity contribution in [2.45, 2.75) is 25.8 Å². The number of amides is 1. The maximum Gasteiger partial charge on any atom is 0.223 e. The van der Waals surface area contributed by atoms with E-state index in [4.69, 9.17) is 11.6 Å². The van der Waals surface area contributed by atoms with E-state index in [-0.39, 0.29) is 5.91 Å². The van der Waals surface area contributed by atoms with Gasteiger partial charge in [-0.25, -0.2) is 4.98 Å². The predicted octanol–water partition coefficient (Wildman–Crippen LogP) is 1.90. The minimum atomic E-state index is 0.257. The Morgan fingerprint density at radius 1 is 1.53 bits per heavy atom. The average molecular weight is 274 g/mol. The second kappa shape index (κ2) is 6.33. The van der Waals surface area contributed by atoms with Crippen molar-refractivity contribution >= 4 is 28.8 Å².